The van der Waals surface area contributed by atoms with E-state index in [1.807, 2.05) is 0 Å². The van der Waals surface area contributed by atoms with E-state index >= 15 is 0 Å². The van der Waals surface area contributed by atoms with Crippen LogP contribution in [0.15, 0.2) is 36.9 Å². The van der Waals surface area contributed by atoms with Crippen molar-refractivity contribution in [2.45, 2.75) is 13.8 Å². The SMILES string of the molecule is C=CCOC(=O)c1sc(NC(=O)COc2cccc([N+](=O)[O-])c2)c(C(=O)OCC)c1C. The molecule has 0 aliphatic rings. The van der Waals surface area contributed by atoms with Crippen LogP contribution in [-0.4, -0.2) is 42.6 Å². The van der Waals surface area contributed by atoms with Crippen LogP contribution in [0.5, 0.6) is 5.75 Å². The molecule has 10 nitrogen and oxygen atoms in total. The first-order chi connectivity index (χ1) is 14.8. The van der Waals surface area contributed by atoms with Crippen molar-refractivity contribution in [3.63, 3.8) is 0 Å². The van der Waals surface area contributed by atoms with E-state index in [-0.39, 0.29) is 40.1 Å². The first-order valence-electron chi connectivity index (χ1n) is 9.04. The third-order valence-electron chi connectivity index (χ3n) is 3.80. The average molecular weight is 448 g/mol. The highest BCUT2D eigenvalue weighted by Gasteiger charge is 2.27. The molecule has 0 bridgehead atoms. The summed E-state index contributed by atoms with van der Waals surface area (Å²) in [6.45, 7) is 6.26. The topological polar surface area (TPSA) is 134 Å². The van der Waals surface area contributed by atoms with Crippen LogP contribution in [-0.2, 0) is 14.3 Å². The van der Waals surface area contributed by atoms with Crippen LogP contribution in [0, 0.1) is 17.0 Å². The zero-order valence-corrected chi connectivity index (χ0v) is 17.7. The second-order valence-corrected chi connectivity index (χ2v) is 6.98. The van der Waals surface area contributed by atoms with Crippen LogP contribution in [0.2, 0.25) is 0 Å². The number of benzene rings is 1. The standard InChI is InChI=1S/C20H20N2O8S/c1-4-9-29-20(25)17-12(3)16(19(24)28-5-2)18(31-17)21-15(23)11-30-14-8-6-7-13(10-14)22(26)27/h4,6-8,10H,1,5,9,11H2,2-3H3,(H,21,23). The monoisotopic (exact) mass is 448 g/mol. The number of thiophene rings is 1. The second-order valence-electron chi connectivity index (χ2n) is 5.96. The summed E-state index contributed by atoms with van der Waals surface area (Å²) in [5.74, 6) is -1.87. The van der Waals surface area contributed by atoms with Crippen molar-refractivity contribution in [1.29, 1.82) is 0 Å². The third-order valence-corrected chi connectivity index (χ3v) is 4.98. The van der Waals surface area contributed by atoms with Gasteiger partial charge in [0.1, 0.15) is 22.2 Å². The lowest BCUT2D eigenvalue weighted by molar-refractivity contribution is -0.384. The lowest BCUT2D eigenvalue weighted by Gasteiger charge is -2.08. The lowest BCUT2D eigenvalue weighted by Crippen LogP contribution is -2.21. The Morgan fingerprint density at radius 1 is 1.26 bits per heavy atom. The van der Waals surface area contributed by atoms with Gasteiger partial charge >= 0.3 is 11.9 Å². The highest BCUT2D eigenvalue weighted by atomic mass is 32.1. The Morgan fingerprint density at radius 3 is 2.65 bits per heavy atom. The van der Waals surface area contributed by atoms with Gasteiger partial charge in [-0.2, -0.15) is 0 Å². The van der Waals surface area contributed by atoms with Crippen molar-refractivity contribution < 1.29 is 33.5 Å². The van der Waals surface area contributed by atoms with Gasteiger partial charge in [0.15, 0.2) is 6.61 Å². The van der Waals surface area contributed by atoms with Gasteiger partial charge in [0.05, 0.1) is 23.2 Å². The Balaban J connectivity index is 2.19. The van der Waals surface area contributed by atoms with Crippen LogP contribution in [0.1, 0.15) is 32.5 Å². The molecule has 1 heterocycles. The zero-order chi connectivity index (χ0) is 23.0. The van der Waals surface area contributed by atoms with Crippen molar-refractivity contribution in [2.24, 2.45) is 0 Å². The van der Waals surface area contributed by atoms with Crippen LogP contribution in [0.4, 0.5) is 10.7 Å². The van der Waals surface area contributed by atoms with Gasteiger partial charge < -0.3 is 19.5 Å². The number of nitro groups is 1. The molecule has 164 valence electrons. The number of nitro benzene ring substituents is 1. The van der Waals surface area contributed by atoms with Gasteiger partial charge in [0, 0.05) is 6.07 Å². The highest BCUT2D eigenvalue weighted by Crippen LogP contribution is 2.34. The van der Waals surface area contributed by atoms with Gasteiger partial charge in [-0.15, -0.1) is 11.3 Å². The number of non-ortho nitro benzene ring substituents is 1. The molecule has 1 aromatic carbocycles. The average Bonchev–Trinajstić information content (AvgIpc) is 3.06. The molecule has 0 aliphatic heterocycles. The van der Waals surface area contributed by atoms with Crippen LogP contribution in [0.25, 0.3) is 0 Å². The summed E-state index contributed by atoms with van der Waals surface area (Å²) in [5.41, 5.74) is 0.174. The Hall–Kier alpha value is -3.73. The minimum absolute atomic E-state index is 0.0103. The fraction of sp³-hybridized carbons (Fsp3) is 0.250. The van der Waals surface area contributed by atoms with Crippen LogP contribution in [0.3, 0.4) is 0 Å². The molecule has 1 aromatic heterocycles. The Bertz CT molecular complexity index is 1010. The number of hydrogen-bond donors (Lipinski definition) is 1. The summed E-state index contributed by atoms with van der Waals surface area (Å²) in [5, 5.41) is 13.5. The first-order valence-corrected chi connectivity index (χ1v) is 9.85. The molecule has 0 unspecified atom stereocenters. The van der Waals surface area contributed by atoms with E-state index in [0.717, 1.165) is 11.3 Å². The Morgan fingerprint density at radius 2 is 2.00 bits per heavy atom. The molecule has 11 heteroatoms. The maximum absolute atomic E-state index is 12.4. The van der Waals surface area contributed by atoms with Gasteiger partial charge in [0.2, 0.25) is 0 Å². The molecule has 31 heavy (non-hydrogen) atoms. The minimum atomic E-state index is -0.700. The molecule has 2 rings (SSSR count). The highest BCUT2D eigenvalue weighted by molar-refractivity contribution is 7.18. The molecular weight excluding hydrogens is 428 g/mol. The van der Waals surface area contributed by atoms with Gasteiger partial charge in [-0.05, 0) is 25.5 Å². The Labute approximate surface area is 181 Å². The summed E-state index contributed by atoms with van der Waals surface area (Å²) in [6.07, 6.45) is 1.40. The van der Waals surface area contributed by atoms with Crippen molar-refractivity contribution in [2.75, 3.05) is 25.1 Å². The van der Waals surface area contributed by atoms with Crippen LogP contribution >= 0.6 is 11.3 Å². The van der Waals surface area contributed by atoms with Crippen molar-refractivity contribution in [3.05, 3.63) is 63.0 Å². The molecule has 0 spiro atoms. The number of ether oxygens (including phenoxy) is 3. The zero-order valence-electron chi connectivity index (χ0n) is 16.8. The number of carbonyl (C=O) groups excluding carboxylic acids is 3. The van der Waals surface area contributed by atoms with E-state index in [1.54, 1.807) is 13.8 Å². The summed E-state index contributed by atoms with van der Waals surface area (Å²) >= 11 is 0.869. The molecule has 0 atom stereocenters. The van der Waals surface area contributed by atoms with Gasteiger partial charge in [-0.25, -0.2) is 9.59 Å². The first kappa shape index (κ1) is 23.5. The van der Waals surface area contributed by atoms with E-state index in [9.17, 15) is 24.5 Å². The number of anilines is 1. The molecule has 0 fully saturated rings. The number of carbonyl (C=O) groups is 3. The lowest BCUT2D eigenvalue weighted by atomic mass is 10.1. The number of nitrogens with one attached hydrogen (secondary N) is 1. The maximum Gasteiger partial charge on any atom is 0.348 e. The predicted octanol–water partition coefficient (Wildman–Crippen LogP) is 3.50. The summed E-state index contributed by atoms with van der Waals surface area (Å²) in [4.78, 5) is 47.4. The van der Waals surface area contributed by atoms with E-state index in [0.29, 0.717) is 5.56 Å². The molecule has 0 saturated carbocycles. The summed E-state index contributed by atoms with van der Waals surface area (Å²) < 4.78 is 15.3. The quantitative estimate of drug-likeness (QED) is 0.253. The third kappa shape index (κ3) is 6.12. The van der Waals surface area contributed by atoms with Crippen molar-refractivity contribution >= 4 is 39.9 Å². The van der Waals surface area contributed by atoms with Gasteiger partial charge in [0.25, 0.3) is 11.6 Å². The molecular formula is C20H20N2O8S. The van der Waals surface area contributed by atoms with E-state index < -0.39 is 29.4 Å². The smallest absolute Gasteiger partial charge is 0.348 e. The van der Waals surface area contributed by atoms with Crippen LogP contribution < -0.4 is 10.1 Å². The molecule has 2 aromatic rings. The normalized spacial score (nSPS) is 10.1. The molecule has 0 aliphatic carbocycles. The van der Waals surface area contributed by atoms with Crippen molar-refractivity contribution in [3.8, 4) is 5.75 Å². The van der Waals surface area contributed by atoms with Crippen molar-refractivity contribution in [1.82, 2.24) is 0 Å². The number of rotatable bonds is 10. The fourth-order valence-electron chi connectivity index (χ4n) is 2.44. The van der Waals surface area contributed by atoms with Gasteiger partial charge in [-0.1, -0.05) is 18.7 Å². The van der Waals surface area contributed by atoms with E-state index in [1.165, 1.54) is 30.3 Å². The molecule has 0 saturated heterocycles. The number of nitrogens with zero attached hydrogens (tertiary/aromatic N) is 1. The number of hydrogen-bond acceptors (Lipinski definition) is 9. The largest absolute Gasteiger partial charge is 0.484 e. The van der Waals surface area contributed by atoms with E-state index in [2.05, 4.69) is 11.9 Å². The second kappa shape index (κ2) is 10.9. The summed E-state index contributed by atoms with van der Waals surface area (Å²) in [7, 11) is 0. The van der Waals surface area contributed by atoms with Gasteiger partial charge in [-0.3, -0.25) is 14.9 Å². The molecule has 1 N–H and O–H groups in total. The summed E-state index contributed by atoms with van der Waals surface area (Å²) in [6, 6.07) is 5.36. The minimum Gasteiger partial charge on any atom is -0.484 e. The fourth-order valence-corrected chi connectivity index (χ4v) is 3.55. The number of amides is 1. The van der Waals surface area contributed by atoms with E-state index in [4.69, 9.17) is 14.2 Å². The number of esters is 2. The predicted molar refractivity (Wildman–Crippen MR) is 113 cm³/mol. The molecule has 1 amide bonds. The molecule has 0 radical (unpaired) electrons. The Kier molecular flexibility index (Phi) is 8.26. The maximum atomic E-state index is 12.4.